The number of nitrogens with zero attached hydrogens (tertiary/aromatic N) is 1. The second-order valence-electron chi connectivity index (χ2n) is 9.42. The molecule has 0 radical (unpaired) electrons. The number of hydrogen-bond acceptors (Lipinski definition) is 3. The Kier molecular flexibility index (Phi) is 5.45. The lowest BCUT2D eigenvalue weighted by molar-refractivity contribution is -0.144. The highest BCUT2D eigenvalue weighted by molar-refractivity contribution is 5.75. The number of rotatable bonds is 4. The highest BCUT2D eigenvalue weighted by Crippen LogP contribution is 2.53. The van der Waals surface area contributed by atoms with Gasteiger partial charge in [-0.25, -0.2) is 0 Å². The van der Waals surface area contributed by atoms with E-state index in [1.165, 1.54) is 31.2 Å². The van der Waals surface area contributed by atoms with Crippen LogP contribution in [0.25, 0.3) is 6.08 Å². The molecule has 0 bridgehead atoms. The molecule has 3 aliphatic rings. The summed E-state index contributed by atoms with van der Waals surface area (Å²) in [6.07, 6.45) is 11.6. The van der Waals surface area contributed by atoms with Gasteiger partial charge in [-0.2, -0.15) is 0 Å². The van der Waals surface area contributed by atoms with Gasteiger partial charge in [0.25, 0.3) is 0 Å². The first-order chi connectivity index (χ1) is 14.7. The van der Waals surface area contributed by atoms with Crippen molar-refractivity contribution in [1.82, 2.24) is 4.98 Å². The largest absolute Gasteiger partial charge is 0.462 e. The Labute approximate surface area is 179 Å². The number of aromatic nitrogens is 1. The first-order valence-corrected chi connectivity index (χ1v) is 11.6. The van der Waals surface area contributed by atoms with Gasteiger partial charge < -0.3 is 4.74 Å². The maximum absolute atomic E-state index is 12.5. The molecule has 5 rings (SSSR count). The van der Waals surface area contributed by atoms with E-state index in [2.05, 4.69) is 61.5 Å². The maximum Gasteiger partial charge on any atom is 0.309 e. The summed E-state index contributed by atoms with van der Waals surface area (Å²) in [4.78, 5) is 17.4. The molecule has 0 amide bonds. The van der Waals surface area contributed by atoms with Gasteiger partial charge in [0.05, 0.1) is 11.6 Å². The van der Waals surface area contributed by atoms with Gasteiger partial charge in [0.2, 0.25) is 0 Å². The minimum Gasteiger partial charge on any atom is -0.462 e. The molecule has 0 unspecified atom stereocenters. The lowest BCUT2D eigenvalue weighted by atomic mass is 9.57. The first-order valence-electron chi connectivity index (χ1n) is 11.6. The fourth-order valence-electron chi connectivity index (χ4n) is 6.29. The molecule has 1 aliphatic heterocycles. The Balaban J connectivity index is 1.39. The number of fused-ring (bicyclic) bond motifs is 2. The molecule has 2 aromatic rings. The summed E-state index contributed by atoms with van der Waals surface area (Å²) >= 11 is 0. The van der Waals surface area contributed by atoms with Crippen LogP contribution >= 0.6 is 0 Å². The molecule has 1 aromatic heterocycles. The lowest BCUT2D eigenvalue weighted by Crippen LogP contribution is -2.42. The van der Waals surface area contributed by atoms with E-state index in [1.54, 1.807) is 0 Å². The molecule has 0 spiro atoms. The number of carbonyl (C=O) groups is 1. The van der Waals surface area contributed by atoms with Crippen molar-refractivity contribution in [2.75, 3.05) is 0 Å². The third-order valence-corrected chi connectivity index (χ3v) is 7.62. The average molecular weight is 402 g/mol. The van der Waals surface area contributed by atoms with Crippen LogP contribution in [0.5, 0.6) is 0 Å². The van der Waals surface area contributed by atoms with Crippen LogP contribution in [0.2, 0.25) is 0 Å². The number of benzene rings is 1. The summed E-state index contributed by atoms with van der Waals surface area (Å²) in [7, 11) is 0. The van der Waals surface area contributed by atoms with Crippen molar-refractivity contribution in [3.8, 4) is 0 Å². The Morgan fingerprint density at radius 1 is 1.07 bits per heavy atom. The van der Waals surface area contributed by atoms with Crippen molar-refractivity contribution < 1.29 is 9.53 Å². The molecule has 3 nitrogen and oxygen atoms in total. The number of carbonyl (C=O) groups excluding carboxylic acids is 1. The van der Waals surface area contributed by atoms with Gasteiger partial charge in [0.1, 0.15) is 6.10 Å². The lowest BCUT2D eigenvalue weighted by Gasteiger charge is -2.45. The summed E-state index contributed by atoms with van der Waals surface area (Å²) < 4.78 is 5.69. The monoisotopic (exact) mass is 401 g/mol. The van der Waals surface area contributed by atoms with Crippen molar-refractivity contribution in [1.29, 1.82) is 0 Å². The van der Waals surface area contributed by atoms with Crippen molar-refractivity contribution in [3.05, 3.63) is 71.6 Å². The van der Waals surface area contributed by atoms with E-state index >= 15 is 0 Å². The predicted octanol–water partition coefficient (Wildman–Crippen LogP) is 5.69. The topological polar surface area (TPSA) is 39.2 Å². The molecule has 3 fully saturated rings. The smallest absolute Gasteiger partial charge is 0.309 e. The van der Waals surface area contributed by atoms with Gasteiger partial charge >= 0.3 is 5.97 Å². The van der Waals surface area contributed by atoms with Gasteiger partial charge in [-0.05, 0) is 61.3 Å². The van der Waals surface area contributed by atoms with E-state index in [4.69, 9.17) is 9.72 Å². The van der Waals surface area contributed by atoms with Crippen LogP contribution < -0.4 is 0 Å². The third-order valence-electron chi connectivity index (χ3n) is 7.62. The van der Waals surface area contributed by atoms with E-state index in [1.807, 2.05) is 6.07 Å². The van der Waals surface area contributed by atoms with Gasteiger partial charge in [-0.3, -0.25) is 9.78 Å². The average Bonchev–Trinajstić information content (AvgIpc) is 3.05. The summed E-state index contributed by atoms with van der Waals surface area (Å²) in [5, 5.41) is 0. The van der Waals surface area contributed by atoms with E-state index in [0.717, 1.165) is 24.2 Å². The Morgan fingerprint density at radius 2 is 1.90 bits per heavy atom. The summed E-state index contributed by atoms with van der Waals surface area (Å²) in [6, 6.07) is 16.8. The second-order valence-corrected chi connectivity index (χ2v) is 9.42. The van der Waals surface area contributed by atoms with Gasteiger partial charge in [-0.15, -0.1) is 0 Å². The first kappa shape index (κ1) is 19.5. The van der Waals surface area contributed by atoms with Gasteiger partial charge in [0, 0.05) is 18.0 Å². The zero-order valence-corrected chi connectivity index (χ0v) is 17.7. The third kappa shape index (κ3) is 3.82. The standard InChI is InChI=1S/C27H31NO2/c1-18-26-24(23-13-6-5-10-20(23)17-25(26)27(29)30-18)15-14-21-11-7-12-22(28-21)16-19-8-3-2-4-9-19/h2-4,7-9,11-12,14-15,18,20,23-26H,5-6,10,13,16-17H2,1H3/b15-14+/t18-,20+,23-,24+,25-,26+/m1/s1. The highest BCUT2D eigenvalue weighted by Gasteiger charge is 2.53. The normalized spacial score (nSPS) is 33.2. The van der Waals surface area contributed by atoms with Crippen molar-refractivity contribution >= 4 is 12.0 Å². The molecule has 3 heteroatoms. The Morgan fingerprint density at radius 3 is 2.77 bits per heavy atom. The molecule has 2 saturated carbocycles. The maximum atomic E-state index is 12.5. The fraction of sp³-hybridized carbons (Fsp3) is 0.481. The van der Waals surface area contributed by atoms with E-state index in [9.17, 15) is 4.79 Å². The molecule has 1 saturated heterocycles. The van der Waals surface area contributed by atoms with Crippen molar-refractivity contribution in [2.24, 2.45) is 29.6 Å². The number of pyridine rings is 1. The number of ether oxygens (including phenoxy) is 1. The fourth-order valence-corrected chi connectivity index (χ4v) is 6.29. The molecular formula is C27H31NO2. The zero-order chi connectivity index (χ0) is 20.5. The number of esters is 1. The van der Waals surface area contributed by atoms with Crippen molar-refractivity contribution in [2.45, 2.75) is 51.6 Å². The van der Waals surface area contributed by atoms with Crippen LogP contribution in [-0.2, 0) is 16.0 Å². The van der Waals surface area contributed by atoms with E-state index in [0.29, 0.717) is 23.7 Å². The van der Waals surface area contributed by atoms with Gasteiger partial charge in [0.15, 0.2) is 0 Å². The number of hydrogen-bond donors (Lipinski definition) is 0. The Hall–Kier alpha value is -2.42. The quantitative estimate of drug-likeness (QED) is 0.618. The molecule has 30 heavy (non-hydrogen) atoms. The van der Waals surface area contributed by atoms with Crippen molar-refractivity contribution in [3.63, 3.8) is 0 Å². The van der Waals surface area contributed by atoms with Gasteiger partial charge in [-0.1, -0.05) is 61.7 Å². The SMILES string of the molecule is C[C@H]1OC(=O)[C@@H]2C[C@@H]3CCCC[C@H]3[C@H](/C=C/c3cccc(Cc4ccccc4)n3)[C@H]12. The van der Waals surface area contributed by atoms with Crippen LogP contribution in [-0.4, -0.2) is 17.1 Å². The molecule has 1 aromatic carbocycles. The molecule has 2 aliphatic carbocycles. The molecule has 0 N–H and O–H groups in total. The summed E-state index contributed by atoms with van der Waals surface area (Å²) in [5.74, 6) is 2.21. The number of allylic oxidation sites excluding steroid dienone is 1. The van der Waals surface area contributed by atoms with E-state index in [-0.39, 0.29) is 18.0 Å². The summed E-state index contributed by atoms with van der Waals surface area (Å²) in [6.45, 7) is 2.09. The van der Waals surface area contributed by atoms with Crippen LogP contribution in [0.15, 0.2) is 54.6 Å². The number of cyclic esters (lactones) is 1. The minimum atomic E-state index is 0.0254. The van der Waals surface area contributed by atoms with Crippen LogP contribution in [0.3, 0.4) is 0 Å². The zero-order valence-electron chi connectivity index (χ0n) is 17.7. The van der Waals surface area contributed by atoms with Crippen LogP contribution in [0, 0.1) is 29.6 Å². The Bertz CT molecular complexity index is 921. The highest BCUT2D eigenvalue weighted by atomic mass is 16.6. The summed E-state index contributed by atoms with van der Waals surface area (Å²) in [5.41, 5.74) is 3.38. The van der Waals surface area contributed by atoms with Crippen LogP contribution in [0.1, 0.15) is 56.0 Å². The predicted molar refractivity (Wildman–Crippen MR) is 119 cm³/mol. The molecule has 156 valence electrons. The minimum absolute atomic E-state index is 0.0254. The molecule has 6 atom stereocenters. The van der Waals surface area contributed by atoms with E-state index < -0.39 is 0 Å². The molecule has 2 heterocycles. The second kappa shape index (κ2) is 8.37. The van der Waals surface area contributed by atoms with Crippen LogP contribution in [0.4, 0.5) is 0 Å². The molecular weight excluding hydrogens is 370 g/mol.